The van der Waals surface area contributed by atoms with Crippen molar-refractivity contribution in [2.75, 3.05) is 0 Å². The second-order valence-corrected chi connectivity index (χ2v) is 7.66. The molecular weight excluding hydrogens is 196 g/mol. The fourth-order valence-corrected chi connectivity index (χ4v) is 4.85. The Morgan fingerprint density at radius 1 is 0.938 bits per heavy atom. The lowest BCUT2D eigenvalue weighted by atomic mass is 9.50. The average molecular weight is 222 g/mol. The van der Waals surface area contributed by atoms with E-state index in [2.05, 4.69) is 27.7 Å². The van der Waals surface area contributed by atoms with Crippen LogP contribution in [0.2, 0.25) is 0 Å². The van der Waals surface area contributed by atoms with Crippen molar-refractivity contribution >= 4 is 0 Å². The van der Waals surface area contributed by atoms with Crippen LogP contribution in [0.5, 0.6) is 0 Å². The van der Waals surface area contributed by atoms with Crippen molar-refractivity contribution < 1.29 is 4.74 Å². The summed E-state index contributed by atoms with van der Waals surface area (Å²) in [5.74, 6) is 1.75. The average Bonchev–Trinajstić information content (AvgIpc) is 2.19. The smallest absolute Gasteiger partial charge is 0.0693 e. The minimum Gasteiger partial charge on any atom is -0.369 e. The Kier molecular flexibility index (Phi) is 2.11. The highest BCUT2D eigenvalue weighted by molar-refractivity contribution is 5.08. The number of hydrogen-bond acceptors (Lipinski definition) is 1. The van der Waals surface area contributed by atoms with Crippen LogP contribution in [0.1, 0.15) is 66.2 Å². The summed E-state index contributed by atoms with van der Waals surface area (Å²) in [4.78, 5) is 0. The van der Waals surface area contributed by atoms with E-state index >= 15 is 0 Å². The molecule has 2 bridgehead atoms. The molecule has 0 spiro atoms. The second-order valence-electron chi connectivity index (χ2n) is 7.66. The molecule has 2 saturated heterocycles. The Labute approximate surface area is 99.9 Å². The second kappa shape index (κ2) is 3.04. The molecule has 0 amide bonds. The molecule has 0 N–H and O–H groups in total. The Bertz CT molecular complexity index is 309. The van der Waals surface area contributed by atoms with Gasteiger partial charge in [-0.2, -0.15) is 0 Å². The third kappa shape index (κ3) is 1.40. The van der Waals surface area contributed by atoms with Crippen molar-refractivity contribution in [2.45, 2.75) is 77.4 Å². The van der Waals surface area contributed by atoms with Crippen LogP contribution in [0.25, 0.3) is 0 Å². The first-order valence-corrected chi connectivity index (χ1v) is 7.05. The third-order valence-corrected chi connectivity index (χ3v) is 5.86. The minimum absolute atomic E-state index is 0.195. The molecule has 1 nitrogen and oxygen atoms in total. The number of fused-ring (bicyclic) bond motifs is 4. The van der Waals surface area contributed by atoms with E-state index in [0.717, 1.165) is 11.8 Å². The van der Waals surface area contributed by atoms with Crippen LogP contribution in [0.3, 0.4) is 0 Å². The molecule has 92 valence electrons. The van der Waals surface area contributed by atoms with Crippen molar-refractivity contribution in [3.8, 4) is 0 Å². The molecule has 0 radical (unpaired) electrons. The van der Waals surface area contributed by atoms with Crippen molar-refractivity contribution in [3.05, 3.63) is 0 Å². The van der Waals surface area contributed by atoms with Crippen LogP contribution < -0.4 is 0 Å². The summed E-state index contributed by atoms with van der Waals surface area (Å²) in [5.41, 5.74) is 0.967. The zero-order chi connectivity index (χ0) is 11.6. The first-order chi connectivity index (χ1) is 7.35. The zero-order valence-corrected chi connectivity index (χ0v) is 11.3. The highest BCUT2D eigenvalue weighted by Crippen LogP contribution is 2.62. The maximum atomic E-state index is 6.55. The predicted octanol–water partition coefficient (Wildman–Crippen LogP) is 4.16. The van der Waals surface area contributed by atoms with Crippen LogP contribution in [0, 0.1) is 17.3 Å². The quantitative estimate of drug-likeness (QED) is 0.598. The normalized spacial score (nSPS) is 54.8. The summed E-state index contributed by atoms with van der Waals surface area (Å²) in [6.07, 6.45) is 8.00. The standard InChI is InChI=1S/C15H26O/c1-13(2)10-12-11(13)6-9-14(3)7-5-8-15(12,4)16-14/h11-12H,5-10H2,1-4H3/t11-,12+,14+,15-/m1/s1. The summed E-state index contributed by atoms with van der Waals surface area (Å²) in [7, 11) is 0. The lowest BCUT2D eigenvalue weighted by molar-refractivity contribution is -0.220. The van der Waals surface area contributed by atoms with Crippen LogP contribution >= 0.6 is 0 Å². The van der Waals surface area contributed by atoms with Gasteiger partial charge in [-0.05, 0) is 69.6 Å². The lowest BCUT2D eigenvalue weighted by Gasteiger charge is -2.58. The van der Waals surface area contributed by atoms with Gasteiger partial charge in [0.05, 0.1) is 11.2 Å². The molecule has 0 unspecified atom stereocenters. The van der Waals surface area contributed by atoms with Crippen LogP contribution in [-0.4, -0.2) is 11.2 Å². The van der Waals surface area contributed by atoms with Crippen LogP contribution in [0.15, 0.2) is 0 Å². The molecule has 3 fully saturated rings. The Hall–Kier alpha value is -0.0400. The van der Waals surface area contributed by atoms with Gasteiger partial charge in [0.25, 0.3) is 0 Å². The van der Waals surface area contributed by atoms with E-state index in [1.165, 1.54) is 38.5 Å². The zero-order valence-electron chi connectivity index (χ0n) is 11.3. The highest BCUT2D eigenvalue weighted by Gasteiger charge is 2.59. The maximum Gasteiger partial charge on any atom is 0.0693 e. The monoisotopic (exact) mass is 222 g/mol. The van der Waals surface area contributed by atoms with Crippen LogP contribution in [0.4, 0.5) is 0 Å². The molecule has 1 heteroatoms. The first kappa shape index (κ1) is 11.1. The van der Waals surface area contributed by atoms with Gasteiger partial charge in [0, 0.05) is 0 Å². The fourth-order valence-electron chi connectivity index (χ4n) is 4.85. The lowest BCUT2D eigenvalue weighted by Crippen LogP contribution is -2.56. The van der Waals surface area contributed by atoms with E-state index in [0.29, 0.717) is 5.41 Å². The molecule has 3 rings (SSSR count). The summed E-state index contributed by atoms with van der Waals surface area (Å²) in [5, 5.41) is 0. The van der Waals surface area contributed by atoms with Gasteiger partial charge in [0.1, 0.15) is 0 Å². The highest BCUT2D eigenvalue weighted by atomic mass is 16.5. The third-order valence-electron chi connectivity index (χ3n) is 5.86. The summed E-state index contributed by atoms with van der Waals surface area (Å²) in [6.45, 7) is 9.65. The topological polar surface area (TPSA) is 9.23 Å². The van der Waals surface area contributed by atoms with Gasteiger partial charge in [-0.1, -0.05) is 13.8 Å². The molecule has 3 aliphatic rings. The van der Waals surface area contributed by atoms with Crippen molar-refractivity contribution in [2.24, 2.45) is 17.3 Å². The predicted molar refractivity (Wildman–Crippen MR) is 66.4 cm³/mol. The van der Waals surface area contributed by atoms with Gasteiger partial charge in [0.2, 0.25) is 0 Å². The first-order valence-electron chi connectivity index (χ1n) is 7.05. The Morgan fingerprint density at radius 2 is 1.69 bits per heavy atom. The molecule has 16 heavy (non-hydrogen) atoms. The molecule has 0 aromatic rings. The fraction of sp³-hybridized carbons (Fsp3) is 1.00. The minimum atomic E-state index is 0.195. The summed E-state index contributed by atoms with van der Waals surface area (Å²) >= 11 is 0. The van der Waals surface area contributed by atoms with Gasteiger partial charge in [0.15, 0.2) is 0 Å². The number of rotatable bonds is 0. The molecule has 2 aliphatic heterocycles. The number of ether oxygens (including phenoxy) is 1. The van der Waals surface area contributed by atoms with Gasteiger partial charge in [-0.15, -0.1) is 0 Å². The van der Waals surface area contributed by atoms with Gasteiger partial charge in [-0.3, -0.25) is 0 Å². The van der Waals surface area contributed by atoms with E-state index in [9.17, 15) is 0 Å². The molecular formula is C15H26O. The molecule has 4 atom stereocenters. The van der Waals surface area contributed by atoms with Gasteiger partial charge >= 0.3 is 0 Å². The van der Waals surface area contributed by atoms with Gasteiger partial charge < -0.3 is 4.74 Å². The van der Waals surface area contributed by atoms with E-state index in [-0.39, 0.29) is 11.2 Å². The Morgan fingerprint density at radius 3 is 2.38 bits per heavy atom. The van der Waals surface area contributed by atoms with E-state index in [1.807, 2.05) is 0 Å². The molecule has 1 aliphatic carbocycles. The summed E-state index contributed by atoms with van der Waals surface area (Å²) in [6, 6.07) is 0. The van der Waals surface area contributed by atoms with E-state index in [1.54, 1.807) is 0 Å². The molecule has 0 aromatic carbocycles. The van der Waals surface area contributed by atoms with Crippen molar-refractivity contribution in [1.29, 1.82) is 0 Å². The Balaban J connectivity index is 1.92. The maximum absolute atomic E-state index is 6.55. The van der Waals surface area contributed by atoms with Gasteiger partial charge in [-0.25, -0.2) is 0 Å². The number of hydrogen-bond donors (Lipinski definition) is 0. The van der Waals surface area contributed by atoms with Crippen LogP contribution in [-0.2, 0) is 4.74 Å². The molecule has 1 saturated carbocycles. The van der Waals surface area contributed by atoms with Crippen molar-refractivity contribution in [1.82, 2.24) is 0 Å². The largest absolute Gasteiger partial charge is 0.369 e. The molecule has 2 heterocycles. The SMILES string of the molecule is CC1(C)C[C@H]2[C@H]1CC[C@]1(C)CCC[C@@]2(C)O1. The summed E-state index contributed by atoms with van der Waals surface area (Å²) < 4.78 is 6.55. The van der Waals surface area contributed by atoms with Crippen molar-refractivity contribution in [3.63, 3.8) is 0 Å². The van der Waals surface area contributed by atoms with E-state index in [4.69, 9.17) is 4.74 Å². The van der Waals surface area contributed by atoms with E-state index < -0.39 is 0 Å². The molecule has 0 aromatic heterocycles.